The fourth-order valence-corrected chi connectivity index (χ4v) is 5.14. The highest BCUT2D eigenvalue weighted by molar-refractivity contribution is 6.30. The van der Waals surface area contributed by atoms with E-state index in [0.29, 0.717) is 6.61 Å². The number of anilines is 1. The van der Waals surface area contributed by atoms with Crippen molar-refractivity contribution in [1.29, 1.82) is 0 Å². The minimum Gasteiger partial charge on any atom is -0.465 e. The van der Waals surface area contributed by atoms with Gasteiger partial charge in [-0.1, -0.05) is 77.4 Å². The van der Waals surface area contributed by atoms with E-state index in [4.69, 9.17) is 20.9 Å². The van der Waals surface area contributed by atoms with Gasteiger partial charge in [-0.3, -0.25) is 4.79 Å². The fourth-order valence-electron chi connectivity index (χ4n) is 4.93. The number of halogens is 1. The maximum atomic E-state index is 12.4. The molecule has 5 nitrogen and oxygen atoms in total. The van der Waals surface area contributed by atoms with Gasteiger partial charge in [0.2, 0.25) is 0 Å². The first kappa shape index (κ1) is 26.1. The second kappa shape index (κ2) is 11.0. The summed E-state index contributed by atoms with van der Waals surface area (Å²) < 4.78 is 11.0. The van der Waals surface area contributed by atoms with Crippen molar-refractivity contribution >= 4 is 23.3 Å². The first-order chi connectivity index (χ1) is 18.4. The molecule has 3 aromatic carbocycles. The van der Waals surface area contributed by atoms with E-state index in [1.165, 1.54) is 5.56 Å². The predicted octanol–water partition coefficient (Wildman–Crippen LogP) is 8.00. The number of carbonyl (C=O) groups excluding carboxylic acids is 1. The Kier molecular flexibility index (Phi) is 7.57. The van der Waals surface area contributed by atoms with E-state index in [-0.39, 0.29) is 12.0 Å². The molecule has 196 valence electrons. The monoisotopic (exact) mass is 528 g/mol. The van der Waals surface area contributed by atoms with E-state index in [0.717, 1.165) is 70.1 Å². The lowest BCUT2D eigenvalue weighted by Crippen LogP contribution is -2.23. The molecule has 1 N–H and O–H groups in total. The Morgan fingerprint density at radius 2 is 1.71 bits per heavy atom. The first-order valence-electron chi connectivity index (χ1n) is 13.3. The van der Waals surface area contributed by atoms with Crippen molar-refractivity contribution in [3.8, 4) is 22.5 Å². The second-order valence-corrected chi connectivity index (χ2v) is 10.6. The molecule has 0 bridgehead atoms. The van der Waals surface area contributed by atoms with Gasteiger partial charge in [-0.2, -0.15) is 0 Å². The lowest BCUT2D eigenvalue weighted by atomic mass is 9.93. The molecule has 6 heteroatoms. The average Bonchev–Trinajstić information content (AvgIpc) is 3.67. The number of ether oxygens (including phenoxy) is 1. The highest BCUT2D eigenvalue weighted by atomic mass is 35.5. The Labute approximate surface area is 229 Å². The quantitative estimate of drug-likeness (QED) is 0.211. The van der Waals surface area contributed by atoms with Gasteiger partial charge in [-0.15, -0.1) is 0 Å². The topological polar surface area (TPSA) is 64.4 Å². The van der Waals surface area contributed by atoms with Gasteiger partial charge in [0, 0.05) is 16.6 Å². The van der Waals surface area contributed by atoms with Crippen LogP contribution in [0.2, 0.25) is 5.02 Å². The van der Waals surface area contributed by atoms with E-state index in [1.807, 2.05) is 32.0 Å². The van der Waals surface area contributed by atoms with E-state index >= 15 is 0 Å². The van der Waals surface area contributed by atoms with Crippen LogP contribution in [0, 0.1) is 6.92 Å². The van der Waals surface area contributed by atoms with Gasteiger partial charge in [0.05, 0.1) is 12.0 Å². The third kappa shape index (κ3) is 5.48. The van der Waals surface area contributed by atoms with Crippen LogP contribution in [0.1, 0.15) is 49.9 Å². The molecule has 0 spiro atoms. The number of carbonyl (C=O) groups is 1. The van der Waals surface area contributed by atoms with Crippen LogP contribution in [0.25, 0.3) is 22.5 Å². The summed E-state index contributed by atoms with van der Waals surface area (Å²) in [6.07, 6.45) is 3.59. The Hall–Kier alpha value is -3.57. The average molecular weight is 529 g/mol. The predicted molar refractivity (Wildman–Crippen MR) is 153 cm³/mol. The molecule has 1 aliphatic carbocycles. The standard InChI is InChI=1S/C32H33ClN2O3/c1-4-37-31(36)32(18-19-32)27-16-14-25(15-17-27)24-10-12-26(13-11-24)30-29(22(3)35-38-30)34-21(2)8-9-23-6-5-7-28(33)20-23/h5-7,10-17,20-21,34H,4,8-9,18-19H2,1-3H3. The van der Waals surface area contributed by atoms with E-state index in [1.54, 1.807) is 0 Å². The summed E-state index contributed by atoms with van der Waals surface area (Å²) in [5, 5.41) is 8.60. The van der Waals surface area contributed by atoms with Gasteiger partial charge in [0.25, 0.3) is 0 Å². The number of rotatable bonds is 10. The molecule has 0 amide bonds. The highest BCUT2D eigenvalue weighted by Gasteiger charge is 2.52. The van der Waals surface area contributed by atoms with Crippen LogP contribution in [-0.2, 0) is 21.4 Å². The Bertz CT molecular complexity index is 1410. The summed E-state index contributed by atoms with van der Waals surface area (Å²) in [6, 6.07) is 24.8. The third-order valence-electron chi connectivity index (χ3n) is 7.34. The summed E-state index contributed by atoms with van der Waals surface area (Å²) >= 11 is 6.13. The minimum atomic E-state index is -0.447. The number of hydrogen-bond donors (Lipinski definition) is 1. The molecular formula is C32H33ClN2O3. The molecule has 4 aromatic rings. The highest BCUT2D eigenvalue weighted by Crippen LogP contribution is 2.49. The normalized spacial score (nSPS) is 14.6. The molecule has 1 saturated carbocycles. The van der Waals surface area contributed by atoms with Crippen molar-refractivity contribution in [3.63, 3.8) is 0 Å². The molecular weight excluding hydrogens is 496 g/mol. The molecule has 0 radical (unpaired) electrons. The van der Waals surface area contributed by atoms with Crippen LogP contribution in [0.15, 0.2) is 77.3 Å². The molecule has 0 aliphatic heterocycles. The number of nitrogens with one attached hydrogen (secondary N) is 1. The summed E-state index contributed by atoms with van der Waals surface area (Å²) in [7, 11) is 0. The molecule has 1 unspecified atom stereocenters. The van der Waals surface area contributed by atoms with Crippen molar-refractivity contribution in [2.24, 2.45) is 0 Å². The van der Waals surface area contributed by atoms with Crippen LogP contribution < -0.4 is 5.32 Å². The van der Waals surface area contributed by atoms with Crippen LogP contribution in [-0.4, -0.2) is 23.8 Å². The van der Waals surface area contributed by atoms with E-state index in [2.05, 4.69) is 72.0 Å². The number of aryl methyl sites for hydroxylation is 2. The Balaban J connectivity index is 1.27. The minimum absolute atomic E-state index is 0.109. The van der Waals surface area contributed by atoms with Crippen LogP contribution in [0.4, 0.5) is 5.69 Å². The zero-order valence-corrected chi connectivity index (χ0v) is 22.8. The van der Waals surface area contributed by atoms with Crippen molar-refractivity contribution in [2.75, 3.05) is 11.9 Å². The maximum absolute atomic E-state index is 12.4. The van der Waals surface area contributed by atoms with Crippen molar-refractivity contribution in [2.45, 2.75) is 57.9 Å². The van der Waals surface area contributed by atoms with Gasteiger partial charge in [-0.25, -0.2) is 0 Å². The zero-order chi connectivity index (χ0) is 26.7. The molecule has 1 heterocycles. The van der Waals surface area contributed by atoms with Gasteiger partial charge in [-0.05, 0) is 80.8 Å². The fraction of sp³-hybridized carbons (Fsp3) is 0.312. The molecule has 1 fully saturated rings. The number of hydrogen-bond acceptors (Lipinski definition) is 5. The van der Waals surface area contributed by atoms with Crippen LogP contribution in [0.5, 0.6) is 0 Å². The summed E-state index contributed by atoms with van der Waals surface area (Å²) in [6.45, 7) is 6.39. The first-order valence-corrected chi connectivity index (χ1v) is 13.6. The number of benzene rings is 3. The summed E-state index contributed by atoms with van der Waals surface area (Å²) in [5.74, 6) is 0.631. The number of esters is 1. The summed E-state index contributed by atoms with van der Waals surface area (Å²) in [4.78, 5) is 12.4. The zero-order valence-electron chi connectivity index (χ0n) is 22.1. The molecule has 5 rings (SSSR count). The molecule has 0 saturated heterocycles. The van der Waals surface area contributed by atoms with Gasteiger partial charge in [0.15, 0.2) is 5.76 Å². The van der Waals surface area contributed by atoms with Crippen LogP contribution in [0.3, 0.4) is 0 Å². The summed E-state index contributed by atoms with van der Waals surface area (Å²) in [5.41, 5.74) is 6.74. The molecule has 38 heavy (non-hydrogen) atoms. The van der Waals surface area contributed by atoms with E-state index in [9.17, 15) is 4.79 Å². The van der Waals surface area contributed by atoms with Crippen molar-refractivity contribution in [3.05, 3.63) is 94.6 Å². The largest absolute Gasteiger partial charge is 0.465 e. The Morgan fingerprint density at radius 1 is 1.05 bits per heavy atom. The molecule has 1 atom stereocenters. The van der Waals surface area contributed by atoms with Gasteiger partial charge in [0.1, 0.15) is 11.4 Å². The third-order valence-corrected chi connectivity index (χ3v) is 7.58. The van der Waals surface area contributed by atoms with E-state index < -0.39 is 5.41 Å². The number of nitrogens with zero attached hydrogens (tertiary/aromatic N) is 1. The van der Waals surface area contributed by atoms with Crippen molar-refractivity contribution in [1.82, 2.24) is 5.16 Å². The lowest BCUT2D eigenvalue weighted by Gasteiger charge is -2.16. The maximum Gasteiger partial charge on any atom is 0.316 e. The van der Waals surface area contributed by atoms with Gasteiger partial charge < -0.3 is 14.6 Å². The SMILES string of the molecule is CCOC(=O)C1(c2ccc(-c3ccc(-c4onc(C)c4NC(C)CCc4cccc(Cl)c4)cc3)cc2)CC1. The molecule has 1 aliphatic rings. The number of aromatic nitrogens is 1. The molecule has 1 aromatic heterocycles. The smallest absolute Gasteiger partial charge is 0.316 e. The van der Waals surface area contributed by atoms with Crippen molar-refractivity contribution < 1.29 is 14.1 Å². The lowest BCUT2D eigenvalue weighted by molar-refractivity contribution is -0.146. The van der Waals surface area contributed by atoms with Crippen LogP contribution >= 0.6 is 11.6 Å². The second-order valence-electron chi connectivity index (χ2n) is 10.1. The van der Waals surface area contributed by atoms with Gasteiger partial charge >= 0.3 is 5.97 Å². The Morgan fingerprint density at radius 3 is 2.34 bits per heavy atom.